The molecule has 0 heterocycles. The Kier molecular flexibility index (Phi) is 5.45. The van der Waals surface area contributed by atoms with Gasteiger partial charge in [0.15, 0.2) is 5.78 Å². The van der Waals surface area contributed by atoms with Crippen LogP contribution in [-0.2, 0) is 11.2 Å². The summed E-state index contributed by atoms with van der Waals surface area (Å²) in [7, 11) is 0. The van der Waals surface area contributed by atoms with E-state index in [4.69, 9.17) is 11.6 Å². The summed E-state index contributed by atoms with van der Waals surface area (Å²) in [4.78, 5) is 11.9. The molecule has 4 heteroatoms. The van der Waals surface area contributed by atoms with Crippen LogP contribution < -0.4 is 0 Å². The van der Waals surface area contributed by atoms with Crippen molar-refractivity contribution in [1.82, 2.24) is 0 Å². The minimum absolute atomic E-state index is 0.187. The number of rotatable bonds is 3. The number of aryl methyl sites for hydroxylation is 1. The summed E-state index contributed by atoms with van der Waals surface area (Å²) in [5.74, 6) is 0.200. The summed E-state index contributed by atoms with van der Waals surface area (Å²) < 4.78 is 0.996. The van der Waals surface area contributed by atoms with Crippen LogP contribution in [-0.4, -0.2) is 10.6 Å². The summed E-state index contributed by atoms with van der Waals surface area (Å²) in [6.07, 6.45) is 0.636. The van der Waals surface area contributed by atoms with Crippen molar-refractivity contribution in [3.05, 3.63) is 32.8 Å². The Hall–Kier alpha value is 0.140. The topological polar surface area (TPSA) is 17.1 Å². The molecule has 0 amide bonds. The predicted octanol–water partition coefficient (Wildman–Crippen LogP) is 5.33. The molecule has 0 aromatic heterocycles. The lowest BCUT2D eigenvalue weighted by Crippen LogP contribution is -2.30. The van der Waals surface area contributed by atoms with Crippen LogP contribution in [0.2, 0.25) is 5.02 Å². The fourth-order valence-electron chi connectivity index (χ4n) is 1.60. The zero-order chi connectivity index (χ0) is 14.1. The SMILES string of the molecule is Cc1cc(Br)c(CC(Br)C(=O)C(C)(C)C)cc1Cl. The third-order valence-electron chi connectivity index (χ3n) is 2.75. The molecule has 100 valence electrons. The molecule has 0 spiro atoms. The van der Waals surface area contributed by atoms with E-state index in [-0.39, 0.29) is 16.0 Å². The summed E-state index contributed by atoms with van der Waals surface area (Å²) in [5, 5.41) is 0.733. The molecule has 0 saturated heterocycles. The molecular formula is C14H17Br2ClO. The molecule has 0 aliphatic heterocycles. The molecule has 1 atom stereocenters. The van der Waals surface area contributed by atoms with Gasteiger partial charge in [0, 0.05) is 14.9 Å². The molecule has 0 fully saturated rings. The number of hydrogen-bond donors (Lipinski definition) is 0. The van der Waals surface area contributed by atoms with Gasteiger partial charge in [-0.1, -0.05) is 64.2 Å². The molecule has 1 nitrogen and oxygen atoms in total. The third-order valence-corrected chi connectivity index (χ3v) is 4.64. The van der Waals surface area contributed by atoms with E-state index < -0.39 is 0 Å². The summed E-state index contributed by atoms with van der Waals surface area (Å²) in [6.45, 7) is 7.76. The van der Waals surface area contributed by atoms with E-state index in [0.29, 0.717) is 6.42 Å². The van der Waals surface area contributed by atoms with Crippen molar-refractivity contribution in [2.75, 3.05) is 0 Å². The smallest absolute Gasteiger partial charge is 0.152 e. The minimum atomic E-state index is -0.338. The van der Waals surface area contributed by atoms with E-state index in [2.05, 4.69) is 31.9 Å². The number of halogens is 3. The van der Waals surface area contributed by atoms with Crippen LogP contribution in [0.3, 0.4) is 0 Å². The molecule has 0 aliphatic rings. The van der Waals surface area contributed by atoms with E-state index in [9.17, 15) is 4.79 Å². The number of hydrogen-bond acceptors (Lipinski definition) is 1. The molecule has 1 aromatic rings. The van der Waals surface area contributed by atoms with Gasteiger partial charge in [0.1, 0.15) is 0 Å². The maximum atomic E-state index is 12.1. The molecular weight excluding hydrogens is 379 g/mol. The van der Waals surface area contributed by atoms with E-state index in [1.165, 1.54) is 0 Å². The third kappa shape index (κ3) is 4.07. The van der Waals surface area contributed by atoms with Gasteiger partial charge in [0.05, 0.1) is 4.83 Å². The fourth-order valence-corrected chi connectivity index (χ4v) is 3.44. The maximum absolute atomic E-state index is 12.1. The molecule has 0 bridgehead atoms. The van der Waals surface area contributed by atoms with Gasteiger partial charge in [-0.05, 0) is 36.6 Å². The Morgan fingerprint density at radius 1 is 1.39 bits per heavy atom. The summed E-state index contributed by atoms with van der Waals surface area (Å²) in [5.41, 5.74) is 1.74. The normalized spacial score (nSPS) is 13.5. The van der Waals surface area contributed by atoms with Gasteiger partial charge in [-0.2, -0.15) is 0 Å². The Labute approximate surface area is 131 Å². The number of benzene rings is 1. The zero-order valence-corrected chi connectivity index (χ0v) is 14.9. The van der Waals surface area contributed by atoms with Crippen LogP contribution in [0.5, 0.6) is 0 Å². The second-order valence-electron chi connectivity index (χ2n) is 5.48. The highest BCUT2D eigenvalue weighted by Crippen LogP contribution is 2.29. The second-order valence-corrected chi connectivity index (χ2v) is 7.85. The largest absolute Gasteiger partial charge is 0.298 e. The number of alkyl halides is 1. The highest BCUT2D eigenvalue weighted by Gasteiger charge is 2.28. The van der Waals surface area contributed by atoms with Gasteiger partial charge in [-0.3, -0.25) is 4.79 Å². The van der Waals surface area contributed by atoms with Crippen molar-refractivity contribution in [2.24, 2.45) is 5.41 Å². The van der Waals surface area contributed by atoms with Crippen molar-refractivity contribution in [1.29, 1.82) is 0 Å². The molecule has 1 unspecified atom stereocenters. The average molecular weight is 397 g/mol. The van der Waals surface area contributed by atoms with Gasteiger partial charge >= 0.3 is 0 Å². The molecule has 1 aromatic carbocycles. The van der Waals surface area contributed by atoms with E-state index in [1.54, 1.807) is 0 Å². The monoisotopic (exact) mass is 394 g/mol. The number of Topliss-reactive ketones (excluding diaryl/α,β-unsaturated/α-hetero) is 1. The van der Waals surface area contributed by atoms with Crippen molar-refractivity contribution >= 4 is 49.2 Å². The Morgan fingerprint density at radius 3 is 2.44 bits per heavy atom. The van der Waals surface area contributed by atoms with Crippen LogP contribution in [0.1, 0.15) is 31.9 Å². The van der Waals surface area contributed by atoms with E-state index in [0.717, 1.165) is 20.6 Å². The zero-order valence-electron chi connectivity index (χ0n) is 11.0. The van der Waals surface area contributed by atoms with Crippen molar-refractivity contribution < 1.29 is 4.79 Å². The van der Waals surface area contributed by atoms with Gasteiger partial charge in [0.2, 0.25) is 0 Å². The Bertz CT molecular complexity index is 464. The standard InChI is InChI=1S/C14H17Br2ClO/c1-8-5-10(15)9(7-12(8)17)6-11(16)13(18)14(2,3)4/h5,7,11H,6H2,1-4H3. The van der Waals surface area contributed by atoms with E-state index in [1.807, 2.05) is 39.8 Å². The molecule has 1 rings (SSSR count). The second kappa shape index (κ2) is 6.06. The first-order valence-corrected chi connectivity index (χ1v) is 7.84. The number of carbonyl (C=O) groups excluding carboxylic acids is 1. The Morgan fingerprint density at radius 2 is 1.94 bits per heavy atom. The van der Waals surface area contributed by atoms with Crippen molar-refractivity contribution in [2.45, 2.75) is 38.9 Å². The van der Waals surface area contributed by atoms with Gasteiger partial charge in [0.25, 0.3) is 0 Å². The molecule has 18 heavy (non-hydrogen) atoms. The van der Waals surface area contributed by atoms with Gasteiger partial charge in [-0.25, -0.2) is 0 Å². The number of ketones is 1. The summed E-state index contributed by atoms with van der Waals surface area (Å²) in [6, 6.07) is 3.91. The van der Waals surface area contributed by atoms with Crippen molar-refractivity contribution in [3.8, 4) is 0 Å². The quantitative estimate of drug-likeness (QED) is 0.631. The first-order valence-electron chi connectivity index (χ1n) is 5.76. The van der Waals surface area contributed by atoms with Crippen molar-refractivity contribution in [3.63, 3.8) is 0 Å². The van der Waals surface area contributed by atoms with Crippen LogP contribution in [0.4, 0.5) is 0 Å². The highest BCUT2D eigenvalue weighted by atomic mass is 79.9. The van der Waals surface area contributed by atoms with Crippen LogP contribution >= 0.6 is 43.5 Å². The highest BCUT2D eigenvalue weighted by molar-refractivity contribution is 9.10. The van der Waals surface area contributed by atoms with Crippen LogP contribution in [0.15, 0.2) is 16.6 Å². The lowest BCUT2D eigenvalue weighted by Gasteiger charge is -2.21. The molecule has 0 N–H and O–H groups in total. The van der Waals surface area contributed by atoms with Gasteiger partial charge in [-0.15, -0.1) is 0 Å². The molecule has 0 aliphatic carbocycles. The van der Waals surface area contributed by atoms with Gasteiger partial charge < -0.3 is 0 Å². The predicted molar refractivity (Wildman–Crippen MR) is 84.8 cm³/mol. The lowest BCUT2D eigenvalue weighted by molar-refractivity contribution is -0.125. The average Bonchev–Trinajstić information content (AvgIpc) is 2.23. The first kappa shape index (κ1) is 16.2. The minimum Gasteiger partial charge on any atom is -0.298 e. The van der Waals surface area contributed by atoms with Crippen LogP contribution in [0, 0.1) is 12.3 Å². The molecule has 0 saturated carbocycles. The fraction of sp³-hybridized carbons (Fsp3) is 0.500. The Balaban J connectivity index is 2.92. The number of carbonyl (C=O) groups is 1. The first-order chi connectivity index (χ1) is 8.12. The van der Waals surface area contributed by atoms with Crippen LogP contribution in [0.25, 0.3) is 0 Å². The summed E-state index contributed by atoms with van der Waals surface area (Å²) >= 11 is 13.1. The van der Waals surface area contributed by atoms with E-state index >= 15 is 0 Å². The molecule has 0 radical (unpaired) electrons. The maximum Gasteiger partial charge on any atom is 0.152 e. The lowest BCUT2D eigenvalue weighted by atomic mass is 9.87.